The third kappa shape index (κ3) is 2.79. The van der Waals surface area contributed by atoms with E-state index in [9.17, 15) is 4.79 Å². The van der Waals surface area contributed by atoms with Crippen molar-refractivity contribution in [1.29, 1.82) is 0 Å². The van der Waals surface area contributed by atoms with Gasteiger partial charge in [0, 0.05) is 5.39 Å². The number of para-hydroxylation sites is 1. The van der Waals surface area contributed by atoms with Gasteiger partial charge in [-0.25, -0.2) is 9.67 Å². The van der Waals surface area contributed by atoms with Gasteiger partial charge >= 0.3 is 0 Å². The Balaban J connectivity index is 1.61. The topological polar surface area (TPSA) is 81.1 Å². The molecular weight excluding hydrogens is 366 g/mol. The predicted molar refractivity (Wildman–Crippen MR) is 110 cm³/mol. The number of hydrogen-bond acceptors (Lipinski definition) is 5. The highest BCUT2D eigenvalue weighted by Crippen LogP contribution is 2.32. The number of benzene rings is 2. The van der Waals surface area contributed by atoms with Crippen LogP contribution in [0.5, 0.6) is 5.75 Å². The van der Waals surface area contributed by atoms with Crippen LogP contribution in [0.3, 0.4) is 0 Å². The first-order valence-corrected chi connectivity index (χ1v) is 9.31. The molecular formula is C22H19N5O2. The minimum Gasteiger partial charge on any atom is -0.497 e. The predicted octanol–water partition coefficient (Wildman–Crippen LogP) is 3.59. The number of carbonyl (C=O) groups is 1. The Morgan fingerprint density at radius 1 is 1.03 bits per heavy atom. The number of aryl methyl sites for hydroxylation is 1. The molecule has 2 N–H and O–H groups in total. The highest BCUT2D eigenvalue weighted by molar-refractivity contribution is 6.06. The number of methoxy groups -OCH3 is 1. The van der Waals surface area contributed by atoms with Crippen molar-refractivity contribution >= 4 is 22.8 Å². The zero-order valence-electron chi connectivity index (χ0n) is 16.0. The van der Waals surface area contributed by atoms with Gasteiger partial charge in [-0.2, -0.15) is 5.10 Å². The first kappa shape index (κ1) is 17.2. The largest absolute Gasteiger partial charge is 0.497 e. The summed E-state index contributed by atoms with van der Waals surface area (Å²) in [6.07, 6.45) is 1.38. The van der Waals surface area contributed by atoms with Gasteiger partial charge in [-0.1, -0.05) is 30.3 Å². The number of rotatable bonds is 3. The zero-order valence-corrected chi connectivity index (χ0v) is 16.0. The number of nitrogens with zero attached hydrogens (tertiary/aromatic N) is 3. The van der Waals surface area contributed by atoms with E-state index in [1.165, 1.54) is 0 Å². The average Bonchev–Trinajstić information content (AvgIpc) is 3.18. The van der Waals surface area contributed by atoms with Gasteiger partial charge in [-0.15, -0.1) is 0 Å². The van der Waals surface area contributed by atoms with E-state index < -0.39 is 0 Å². The highest BCUT2D eigenvalue weighted by Gasteiger charge is 2.29. The van der Waals surface area contributed by atoms with Gasteiger partial charge in [-0.3, -0.25) is 4.79 Å². The summed E-state index contributed by atoms with van der Waals surface area (Å²) in [5.41, 5.74) is 3.95. The number of ether oxygens (including phenoxy) is 1. The molecule has 0 saturated heterocycles. The Labute approximate surface area is 167 Å². The first-order chi connectivity index (χ1) is 14.2. The van der Waals surface area contributed by atoms with E-state index in [0.717, 1.165) is 28.0 Å². The first-order valence-electron chi connectivity index (χ1n) is 9.31. The molecule has 1 aliphatic heterocycles. The van der Waals surface area contributed by atoms with Gasteiger partial charge in [0.2, 0.25) is 0 Å². The Kier molecular flexibility index (Phi) is 3.94. The Morgan fingerprint density at radius 3 is 2.52 bits per heavy atom. The van der Waals surface area contributed by atoms with Crippen molar-refractivity contribution in [1.82, 2.24) is 20.1 Å². The van der Waals surface area contributed by atoms with E-state index in [4.69, 9.17) is 9.72 Å². The standard InChI is InChI=1S/C22H19N5O2/c1-13-17-12-23-27(15-6-4-3-5-7-15)21(17)25-20-18(13)22(28)26-19(24-20)14-8-10-16(29-2)11-9-14/h3-12,19H,1-2H3,(H,24,25)(H,26,28)/t19-/m0/s1. The molecule has 0 aliphatic carbocycles. The molecule has 0 spiro atoms. The quantitative estimate of drug-likeness (QED) is 0.563. The molecule has 7 heteroatoms. The van der Waals surface area contributed by atoms with Crippen LogP contribution in [0.1, 0.15) is 27.7 Å². The molecule has 144 valence electrons. The van der Waals surface area contributed by atoms with Crippen molar-refractivity contribution in [2.45, 2.75) is 13.1 Å². The number of pyridine rings is 1. The number of aromatic nitrogens is 3. The number of carbonyl (C=O) groups excluding carboxylic acids is 1. The molecule has 4 aromatic rings. The lowest BCUT2D eigenvalue weighted by Gasteiger charge is -2.28. The molecule has 0 radical (unpaired) electrons. The third-order valence-corrected chi connectivity index (χ3v) is 5.21. The maximum absolute atomic E-state index is 12.9. The molecule has 3 heterocycles. The second-order valence-corrected chi connectivity index (χ2v) is 6.91. The molecule has 1 amide bonds. The fourth-order valence-electron chi connectivity index (χ4n) is 3.67. The van der Waals surface area contributed by atoms with Gasteiger partial charge in [0.1, 0.15) is 17.7 Å². The Hall–Kier alpha value is -3.87. The fourth-order valence-corrected chi connectivity index (χ4v) is 3.67. The van der Waals surface area contributed by atoms with Gasteiger partial charge in [0.05, 0.1) is 24.6 Å². The third-order valence-electron chi connectivity index (χ3n) is 5.21. The zero-order chi connectivity index (χ0) is 20.0. The molecule has 29 heavy (non-hydrogen) atoms. The molecule has 1 aliphatic rings. The molecule has 0 fully saturated rings. The van der Waals surface area contributed by atoms with Crippen LogP contribution in [-0.4, -0.2) is 27.8 Å². The lowest BCUT2D eigenvalue weighted by molar-refractivity contribution is 0.0934. The van der Waals surface area contributed by atoms with Crippen molar-refractivity contribution in [3.8, 4) is 11.4 Å². The summed E-state index contributed by atoms with van der Waals surface area (Å²) >= 11 is 0. The van der Waals surface area contributed by atoms with Crippen molar-refractivity contribution in [3.63, 3.8) is 0 Å². The summed E-state index contributed by atoms with van der Waals surface area (Å²) in [5, 5.41) is 11.7. The average molecular weight is 385 g/mol. The van der Waals surface area contributed by atoms with Crippen LogP contribution in [0.4, 0.5) is 5.82 Å². The molecule has 0 unspecified atom stereocenters. The SMILES string of the molecule is COc1ccc([C@@H]2NC(=O)c3c(nc4c(cnn4-c4ccccc4)c3C)N2)cc1. The van der Waals surface area contributed by atoms with Crippen molar-refractivity contribution in [2.75, 3.05) is 12.4 Å². The molecule has 1 atom stereocenters. The summed E-state index contributed by atoms with van der Waals surface area (Å²) in [6, 6.07) is 17.4. The minimum absolute atomic E-state index is 0.154. The number of hydrogen-bond donors (Lipinski definition) is 2. The van der Waals surface area contributed by atoms with Gasteiger partial charge in [-0.05, 0) is 42.3 Å². The van der Waals surface area contributed by atoms with Crippen LogP contribution in [0.25, 0.3) is 16.7 Å². The number of fused-ring (bicyclic) bond motifs is 2. The van der Waals surface area contributed by atoms with Gasteiger partial charge in [0.25, 0.3) is 5.91 Å². The fraction of sp³-hybridized carbons (Fsp3) is 0.136. The summed E-state index contributed by atoms with van der Waals surface area (Å²) in [4.78, 5) is 17.7. The van der Waals surface area contributed by atoms with Crippen LogP contribution in [0.15, 0.2) is 60.8 Å². The normalized spacial score (nSPS) is 15.5. The van der Waals surface area contributed by atoms with E-state index in [1.54, 1.807) is 18.0 Å². The summed E-state index contributed by atoms with van der Waals surface area (Å²) in [5.74, 6) is 1.16. The van der Waals surface area contributed by atoms with Crippen LogP contribution in [-0.2, 0) is 0 Å². The number of nitrogens with one attached hydrogen (secondary N) is 2. The Bertz CT molecular complexity index is 1220. The van der Waals surface area contributed by atoms with Crippen molar-refractivity contribution in [2.24, 2.45) is 0 Å². The minimum atomic E-state index is -0.377. The molecule has 2 aromatic carbocycles. The van der Waals surface area contributed by atoms with E-state index >= 15 is 0 Å². The maximum atomic E-state index is 12.9. The van der Waals surface area contributed by atoms with Crippen LogP contribution < -0.4 is 15.4 Å². The Morgan fingerprint density at radius 2 is 1.79 bits per heavy atom. The highest BCUT2D eigenvalue weighted by atomic mass is 16.5. The van der Waals surface area contributed by atoms with Crippen LogP contribution in [0, 0.1) is 6.92 Å². The van der Waals surface area contributed by atoms with E-state index in [1.807, 2.05) is 61.5 Å². The van der Waals surface area contributed by atoms with E-state index in [-0.39, 0.29) is 12.1 Å². The summed E-state index contributed by atoms with van der Waals surface area (Å²) in [6.45, 7) is 1.93. The van der Waals surface area contributed by atoms with E-state index in [2.05, 4.69) is 15.7 Å². The van der Waals surface area contributed by atoms with E-state index in [0.29, 0.717) is 17.0 Å². The molecule has 0 saturated carbocycles. The second-order valence-electron chi connectivity index (χ2n) is 6.91. The molecule has 5 rings (SSSR count). The second kappa shape index (κ2) is 6.63. The van der Waals surface area contributed by atoms with Gasteiger partial charge in [0.15, 0.2) is 5.65 Å². The molecule has 7 nitrogen and oxygen atoms in total. The number of amides is 1. The smallest absolute Gasteiger partial charge is 0.257 e. The monoisotopic (exact) mass is 385 g/mol. The lowest BCUT2D eigenvalue weighted by atomic mass is 10.0. The van der Waals surface area contributed by atoms with Gasteiger partial charge < -0.3 is 15.4 Å². The van der Waals surface area contributed by atoms with Crippen molar-refractivity contribution in [3.05, 3.63) is 77.5 Å². The van der Waals surface area contributed by atoms with Crippen LogP contribution in [0.2, 0.25) is 0 Å². The lowest BCUT2D eigenvalue weighted by Crippen LogP contribution is -2.39. The van der Waals surface area contributed by atoms with Crippen molar-refractivity contribution < 1.29 is 9.53 Å². The number of anilines is 1. The molecule has 0 bridgehead atoms. The summed E-state index contributed by atoms with van der Waals surface area (Å²) < 4.78 is 7.01. The molecule has 2 aromatic heterocycles. The summed E-state index contributed by atoms with van der Waals surface area (Å²) in [7, 11) is 1.62. The maximum Gasteiger partial charge on any atom is 0.257 e. The van der Waals surface area contributed by atoms with Crippen LogP contribution >= 0.6 is 0 Å².